The normalized spacial score (nSPS) is 17.0. The van der Waals surface area contributed by atoms with Crippen molar-refractivity contribution in [2.24, 2.45) is 5.92 Å². The SMILES string of the molecule is C[C@@H]1CCCN(c2ccc(C(=O)Nc3ccc(Br)cc3)cc2[N+](=O)[O-])C1. The average molecular weight is 418 g/mol. The molecule has 0 unspecified atom stereocenters. The Morgan fingerprint density at radius 3 is 2.65 bits per heavy atom. The summed E-state index contributed by atoms with van der Waals surface area (Å²) in [6, 6.07) is 11.9. The van der Waals surface area contributed by atoms with Crippen molar-refractivity contribution in [1.29, 1.82) is 0 Å². The van der Waals surface area contributed by atoms with Crippen LogP contribution in [0, 0.1) is 16.0 Å². The molecule has 1 atom stereocenters. The summed E-state index contributed by atoms with van der Waals surface area (Å²) in [7, 11) is 0. The van der Waals surface area contributed by atoms with Gasteiger partial charge in [0.15, 0.2) is 0 Å². The molecule has 1 heterocycles. The molecule has 0 spiro atoms. The van der Waals surface area contributed by atoms with Crippen LogP contribution in [0.5, 0.6) is 0 Å². The minimum Gasteiger partial charge on any atom is -0.366 e. The number of hydrogen-bond donors (Lipinski definition) is 1. The van der Waals surface area contributed by atoms with E-state index < -0.39 is 4.92 Å². The lowest BCUT2D eigenvalue weighted by atomic mass is 9.99. The van der Waals surface area contributed by atoms with Crippen molar-refractivity contribution in [2.45, 2.75) is 19.8 Å². The fourth-order valence-electron chi connectivity index (χ4n) is 3.22. The first-order valence-corrected chi connectivity index (χ1v) is 9.33. The number of piperidine rings is 1. The van der Waals surface area contributed by atoms with Gasteiger partial charge in [0, 0.05) is 34.9 Å². The molecule has 2 aromatic carbocycles. The highest BCUT2D eigenvalue weighted by atomic mass is 79.9. The highest BCUT2D eigenvalue weighted by Gasteiger charge is 2.25. The van der Waals surface area contributed by atoms with Gasteiger partial charge in [-0.3, -0.25) is 14.9 Å². The zero-order chi connectivity index (χ0) is 18.7. The Balaban J connectivity index is 1.84. The molecule has 0 saturated carbocycles. The first-order valence-electron chi connectivity index (χ1n) is 8.54. The monoisotopic (exact) mass is 417 g/mol. The van der Waals surface area contributed by atoms with Gasteiger partial charge in [-0.15, -0.1) is 0 Å². The van der Waals surface area contributed by atoms with Crippen molar-refractivity contribution in [2.75, 3.05) is 23.3 Å². The van der Waals surface area contributed by atoms with Crippen molar-refractivity contribution >= 4 is 38.9 Å². The molecule has 1 amide bonds. The fraction of sp³-hybridized carbons (Fsp3) is 0.316. The van der Waals surface area contributed by atoms with Gasteiger partial charge in [-0.25, -0.2) is 0 Å². The largest absolute Gasteiger partial charge is 0.366 e. The third kappa shape index (κ3) is 4.22. The molecule has 26 heavy (non-hydrogen) atoms. The van der Waals surface area contributed by atoms with Crippen LogP contribution in [0.1, 0.15) is 30.1 Å². The van der Waals surface area contributed by atoms with Crippen LogP contribution in [0.25, 0.3) is 0 Å². The fourth-order valence-corrected chi connectivity index (χ4v) is 3.49. The molecule has 0 aromatic heterocycles. The van der Waals surface area contributed by atoms with Crippen molar-refractivity contribution < 1.29 is 9.72 Å². The number of carbonyl (C=O) groups excluding carboxylic acids is 1. The Morgan fingerprint density at radius 2 is 2.00 bits per heavy atom. The molecule has 136 valence electrons. The highest BCUT2D eigenvalue weighted by molar-refractivity contribution is 9.10. The van der Waals surface area contributed by atoms with Crippen molar-refractivity contribution in [3.05, 3.63) is 62.6 Å². The lowest BCUT2D eigenvalue weighted by Gasteiger charge is -2.32. The summed E-state index contributed by atoms with van der Waals surface area (Å²) in [6.45, 7) is 3.75. The molecular formula is C19H20BrN3O3. The Hall–Kier alpha value is -2.41. The number of nitrogens with one attached hydrogen (secondary N) is 1. The second-order valence-corrected chi connectivity index (χ2v) is 7.53. The number of nitrogens with zero attached hydrogens (tertiary/aromatic N) is 2. The molecule has 6 nitrogen and oxygen atoms in total. The number of nitro groups is 1. The summed E-state index contributed by atoms with van der Waals surface area (Å²) in [5.74, 6) is 0.137. The van der Waals surface area contributed by atoms with E-state index in [-0.39, 0.29) is 17.2 Å². The highest BCUT2D eigenvalue weighted by Crippen LogP contribution is 2.32. The van der Waals surface area contributed by atoms with Crippen molar-refractivity contribution in [3.63, 3.8) is 0 Å². The summed E-state index contributed by atoms with van der Waals surface area (Å²) >= 11 is 3.34. The molecule has 7 heteroatoms. The van der Waals surface area contributed by atoms with Crippen LogP contribution in [0.15, 0.2) is 46.9 Å². The van der Waals surface area contributed by atoms with E-state index >= 15 is 0 Å². The summed E-state index contributed by atoms with van der Waals surface area (Å²) in [4.78, 5) is 25.6. The predicted molar refractivity (Wildman–Crippen MR) is 106 cm³/mol. The molecule has 0 radical (unpaired) electrons. The molecule has 1 aliphatic heterocycles. The number of halogens is 1. The summed E-state index contributed by atoms with van der Waals surface area (Å²) in [5, 5.41) is 14.3. The number of amides is 1. The molecule has 1 aliphatic rings. The summed E-state index contributed by atoms with van der Waals surface area (Å²) < 4.78 is 0.909. The number of benzene rings is 2. The first-order chi connectivity index (χ1) is 12.4. The van der Waals surface area contributed by atoms with E-state index in [4.69, 9.17) is 0 Å². The number of hydrogen-bond acceptors (Lipinski definition) is 4. The molecule has 3 rings (SSSR count). The molecule has 1 fully saturated rings. The second-order valence-electron chi connectivity index (χ2n) is 6.62. The quantitative estimate of drug-likeness (QED) is 0.569. The number of carbonyl (C=O) groups is 1. The third-order valence-electron chi connectivity index (χ3n) is 4.53. The molecule has 0 bridgehead atoms. The summed E-state index contributed by atoms with van der Waals surface area (Å²) in [6.07, 6.45) is 2.15. The molecular weight excluding hydrogens is 398 g/mol. The molecule has 2 aromatic rings. The minimum atomic E-state index is -0.412. The van der Waals surface area contributed by atoms with Crippen LogP contribution in [0.3, 0.4) is 0 Å². The van der Waals surface area contributed by atoms with E-state index in [9.17, 15) is 14.9 Å². The lowest BCUT2D eigenvalue weighted by Crippen LogP contribution is -2.34. The molecule has 0 aliphatic carbocycles. The van der Waals surface area contributed by atoms with E-state index in [0.29, 0.717) is 17.3 Å². The summed E-state index contributed by atoms with van der Waals surface area (Å²) in [5.41, 5.74) is 1.47. The van der Waals surface area contributed by atoms with Gasteiger partial charge in [-0.05, 0) is 55.2 Å². The Morgan fingerprint density at radius 1 is 1.27 bits per heavy atom. The Bertz CT molecular complexity index is 823. The van der Waals surface area contributed by atoms with Gasteiger partial charge >= 0.3 is 0 Å². The van der Waals surface area contributed by atoms with Crippen molar-refractivity contribution in [3.8, 4) is 0 Å². The van der Waals surface area contributed by atoms with Crippen LogP contribution in [-0.4, -0.2) is 23.9 Å². The topological polar surface area (TPSA) is 75.5 Å². The Kier molecular flexibility index (Phi) is 5.56. The first kappa shape index (κ1) is 18.4. The van der Waals surface area contributed by atoms with Gasteiger partial charge in [-0.1, -0.05) is 22.9 Å². The van der Waals surface area contributed by atoms with Gasteiger partial charge in [0.1, 0.15) is 5.69 Å². The van der Waals surface area contributed by atoms with Crippen LogP contribution in [0.4, 0.5) is 17.1 Å². The van der Waals surface area contributed by atoms with Gasteiger partial charge in [0.25, 0.3) is 11.6 Å². The maximum absolute atomic E-state index is 12.5. The molecule has 1 saturated heterocycles. The van der Waals surface area contributed by atoms with Crippen molar-refractivity contribution in [1.82, 2.24) is 0 Å². The van der Waals surface area contributed by atoms with Gasteiger partial charge in [0.2, 0.25) is 0 Å². The third-order valence-corrected chi connectivity index (χ3v) is 5.06. The van der Waals surface area contributed by atoms with E-state index in [1.165, 1.54) is 6.07 Å². The van der Waals surface area contributed by atoms with E-state index in [1.54, 1.807) is 24.3 Å². The predicted octanol–water partition coefficient (Wildman–Crippen LogP) is 4.85. The number of nitro benzene ring substituents is 1. The smallest absolute Gasteiger partial charge is 0.293 e. The van der Waals surface area contributed by atoms with E-state index in [2.05, 4.69) is 28.2 Å². The lowest BCUT2D eigenvalue weighted by molar-refractivity contribution is -0.384. The van der Waals surface area contributed by atoms with Gasteiger partial charge in [-0.2, -0.15) is 0 Å². The zero-order valence-electron chi connectivity index (χ0n) is 14.4. The zero-order valence-corrected chi connectivity index (χ0v) is 16.0. The standard InChI is InChI=1S/C19H20BrN3O3/c1-13-3-2-10-22(12-13)17-9-4-14(11-18(17)23(25)26)19(24)21-16-7-5-15(20)6-8-16/h4-9,11,13H,2-3,10,12H2,1H3,(H,21,24)/t13-/m1/s1. The van der Waals surface area contributed by atoms with Crippen LogP contribution in [0.2, 0.25) is 0 Å². The van der Waals surface area contributed by atoms with E-state index in [0.717, 1.165) is 30.4 Å². The number of rotatable bonds is 4. The van der Waals surface area contributed by atoms with E-state index in [1.807, 2.05) is 17.0 Å². The number of anilines is 2. The maximum Gasteiger partial charge on any atom is 0.293 e. The van der Waals surface area contributed by atoms with Crippen LogP contribution < -0.4 is 10.2 Å². The van der Waals surface area contributed by atoms with Crippen LogP contribution >= 0.6 is 15.9 Å². The van der Waals surface area contributed by atoms with Crippen LogP contribution in [-0.2, 0) is 0 Å². The Labute approximate surface area is 160 Å². The second kappa shape index (κ2) is 7.86. The maximum atomic E-state index is 12.5. The van der Waals surface area contributed by atoms with Gasteiger partial charge < -0.3 is 10.2 Å². The minimum absolute atomic E-state index is 0.0254. The molecule has 1 N–H and O–H groups in total. The average Bonchev–Trinajstić information content (AvgIpc) is 2.63. The van der Waals surface area contributed by atoms with Gasteiger partial charge in [0.05, 0.1) is 4.92 Å².